The third-order valence-corrected chi connectivity index (χ3v) is 16.2. The molecule has 3 aromatic heterocycles. The molecule has 13 amide bonds. The molecule has 0 aliphatic heterocycles. The first kappa shape index (κ1) is 85.4. The molecule has 4 rings (SSSR count). The molecule has 1 radical (unpaired) electrons. The van der Waals surface area contributed by atoms with Crippen LogP contribution in [0.2, 0.25) is 0 Å². The van der Waals surface area contributed by atoms with E-state index in [9.17, 15) is 62.3 Å². The van der Waals surface area contributed by atoms with Gasteiger partial charge in [0.2, 0.25) is 76.8 Å². The molecule has 7 atom stereocenters. The van der Waals surface area contributed by atoms with Crippen LogP contribution in [0.1, 0.15) is 95.8 Å². The maximum Gasteiger partial charge on any atom is 0.243 e. The van der Waals surface area contributed by atoms with Crippen LogP contribution in [-0.2, 0) is 102 Å². The van der Waals surface area contributed by atoms with Gasteiger partial charge in [0, 0.05) is 113 Å². The summed E-state index contributed by atoms with van der Waals surface area (Å²) in [6.07, 6.45) is 6.30. The summed E-state index contributed by atoms with van der Waals surface area (Å²) in [5.74, 6) is -10.2. The van der Waals surface area contributed by atoms with Crippen molar-refractivity contribution in [3.8, 4) is 0 Å². The maximum absolute atomic E-state index is 14.3. The van der Waals surface area contributed by atoms with Crippen LogP contribution in [0.3, 0.4) is 0 Å². The predicted octanol–water partition coefficient (Wildman–Crippen LogP) is -4.10. The van der Waals surface area contributed by atoms with E-state index in [1.165, 1.54) is 31.2 Å². The van der Waals surface area contributed by atoms with E-state index in [2.05, 4.69) is 88.8 Å². The van der Waals surface area contributed by atoms with Crippen molar-refractivity contribution in [3.63, 3.8) is 0 Å². The molecule has 36 heteroatoms. The second-order valence-electron chi connectivity index (χ2n) is 24.7. The van der Waals surface area contributed by atoms with Gasteiger partial charge in [-0.05, 0) is 94.5 Å². The zero-order valence-electron chi connectivity index (χ0n) is 58.1. The Labute approximate surface area is 599 Å². The second kappa shape index (κ2) is 45.0. The molecule has 0 aliphatic rings. The molecule has 553 valence electrons. The summed E-state index contributed by atoms with van der Waals surface area (Å²) >= 11 is 1.46. The van der Waals surface area contributed by atoms with E-state index in [0.717, 1.165) is 17.9 Å². The Morgan fingerprint density at radius 2 is 1.22 bits per heavy atom. The first-order valence-corrected chi connectivity index (χ1v) is 34.4. The molecule has 0 fully saturated rings. The number of nitrogens with two attached hydrogens (primary N) is 3. The molecule has 100 heavy (non-hydrogen) atoms. The fourth-order valence-corrected chi connectivity index (χ4v) is 10.7. The fraction of sp³-hybridized carbons (Fsp3) is 0.578. The van der Waals surface area contributed by atoms with Gasteiger partial charge in [0.1, 0.15) is 42.3 Å². The van der Waals surface area contributed by atoms with Crippen molar-refractivity contribution in [2.24, 2.45) is 29.0 Å². The molecule has 0 saturated carbocycles. The van der Waals surface area contributed by atoms with Gasteiger partial charge >= 0.3 is 0 Å². The van der Waals surface area contributed by atoms with Crippen molar-refractivity contribution in [3.05, 3.63) is 71.7 Å². The largest absolute Gasteiger partial charge is 0.370 e. The van der Waals surface area contributed by atoms with E-state index in [4.69, 9.17) is 17.2 Å². The van der Waals surface area contributed by atoms with Crippen molar-refractivity contribution in [2.75, 3.05) is 77.5 Å². The molecule has 0 bridgehead atoms. The van der Waals surface area contributed by atoms with Gasteiger partial charge in [0.15, 0.2) is 0 Å². The van der Waals surface area contributed by atoms with E-state index in [0.29, 0.717) is 73.6 Å². The summed E-state index contributed by atoms with van der Waals surface area (Å²) in [6.45, 7) is 14.4. The van der Waals surface area contributed by atoms with Crippen LogP contribution in [0, 0.1) is 25.7 Å². The first-order valence-electron chi connectivity index (χ1n) is 33.0. The van der Waals surface area contributed by atoms with Gasteiger partial charge in [-0.2, -0.15) is 16.9 Å². The normalized spacial score (nSPS) is 13.2. The van der Waals surface area contributed by atoms with E-state index in [1.807, 2.05) is 44.7 Å². The molecule has 0 unspecified atom stereocenters. The summed E-state index contributed by atoms with van der Waals surface area (Å²) in [6, 6.07) is 0.0513. The molecular formula is C64H101N21O13STc. The predicted molar refractivity (Wildman–Crippen MR) is 370 cm³/mol. The van der Waals surface area contributed by atoms with Crippen LogP contribution in [0.25, 0.3) is 10.9 Å². The standard InChI is InChI=1S/C64H101N21O13S.Tc/c1-37(2)26-48(62(96)79-46(58(67)92)17-25-99-8)80-63(97)50(29-43-31-69-36-75-43)78-56(91)35-74-64(98)57(38(3)4)82-59(93)41(7)76-61(95)49(28-42-30-70-45-13-10-9-12-44(42)45)81-60(94)47(15-16-51(66)86)77-55(90)34-73-54(89)33-72-53(88)32-71-52(87)14-11-21-84(22-20-68-19-18-65)23-24-85-40(6)27-39(5)83-85;/h9-10,12-13,27,30-31,36-38,41,46-50,57,68,70H,11,14-26,28-29,32-35,65H2,1-8H3,(H2,66,86)(H2,67,92)(H,69,75)(H,71,87)(H,72,88)(H,73,89)(H,74,98)(H,76,95)(H,77,90)(H,78,91)(H,79,96)(H,80,97)(H,81,94)(H,82,93);/t41-,46-,47-,48-,49-,50-,57-;/m0./s1/i;1+1. The fourth-order valence-electron chi connectivity index (χ4n) is 10.3. The quantitative estimate of drug-likeness (QED) is 0.0187. The second-order valence-corrected chi connectivity index (χ2v) is 25.7. The number of nitrogens with zero attached hydrogens (tertiary/aromatic N) is 4. The van der Waals surface area contributed by atoms with Crippen molar-refractivity contribution in [2.45, 2.75) is 149 Å². The van der Waals surface area contributed by atoms with Gasteiger partial charge in [-0.1, -0.05) is 45.9 Å². The van der Waals surface area contributed by atoms with Crippen molar-refractivity contribution < 1.29 is 82.4 Å². The van der Waals surface area contributed by atoms with E-state index in [-0.39, 0.29) is 70.5 Å². The number of para-hydroxylation sites is 1. The van der Waals surface area contributed by atoms with Gasteiger partial charge in [0.05, 0.1) is 44.7 Å². The van der Waals surface area contributed by atoms with Gasteiger partial charge in [-0.15, -0.1) is 0 Å². The summed E-state index contributed by atoms with van der Waals surface area (Å²) in [5.41, 5.74) is 20.3. The Balaban J connectivity index is 0.0000260. The number of amides is 13. The van der Waals surface area contributed by atoms with Gasteiger partial charge in [-0.3, -0.25) is 67.0 Å². The van der Waals surface area contributed by atoms with E-state index in [1.54, 1.807) is 44.3 Å². The van der Waals surface area contributed by atoms with E-state index < -0.39 is 152 Å². The number of imidazole rings is 1. The average Bonchev–Trinajstić information content (AvgIpc) is 1.65. The number of carbonyl (C=O) groups excluding carboxylic acids is 13. The number of benzene rings is 1. The molecule has 4 aromatic rings. The monoisotopic (exact) mass is 1500 g/mol. The summed E-state index contributed by atoms with van der Waals surface area (Å²) < 4.78 is 1.94. The molecule has 0 aliphatic carbocycles. The summed E-state index contributed by atoms with van der Waals surface area (Å²) in [5, 5.41) is 36.4. The van der Waals surface area contributed by atoms with Crippen LogP contribution in [0.5, 0.6) is 0 Å². The Morgan fingerprint density at radius 3 is 1.83 bits per heavy atom. The molecular weight excluding hydrogens is 1400 g/mol. The number of primary amides is 2. The Morgan fingerprint density at radius 1 is 0.620 bits per heavy atom. The van der Waals surface area contributed by atoms with Crippen molar-refractivity contribution in [1.82, 2.24) is 93.4 Å². The van der Waals surface area contributed by atoms with Crippen LogP contribution in [-0.4, -0.2) is 226 Å². The van der Waals surface area contributed by atoms with E-state index >= 15 is 0 Å². The maximum atomic E-state index is 14.3. The number of aromatic nitrogens is 5. The zero-order chi connectivity index (χ0) is 73.1. The SMILES string of the molecule is CSCC[C@H](NC(=O)[C@H](CC(C)C)NC(=O)[C@H](Cc1cnc[nH]1)NC(=O)CNC(=O)[C@@H](NC(=O)[C@H](C)NC(=O)[C@H](Cc1c[nH]c2ccccc12)NC(=O)[C@H](CCC(N)=O)NC(=O)CNC(=O)CNC(=O)CNC(=O)CCCN(CCNCCN)CCn1nc(C)cc1C)C(C)C)C(N)=O.[99Tc]. The van der Waals surface area contributed by atoms with Crippen LogP contribution < -0.4 is 81.0 Å². The van der Waals surface area contributed by atoms with Gasteiger partial charge in [-0.25, -0.2) is 4.98 Å². The average molecular weight is 1500 g/mol. The molecule has 20 N–H and O–H groups in total. The van der Waals surface area contributed by atoms with Crippen LogP contribution in [0.4, 0.5) is 0 Å². The van der Waals surface area contributed by atoms with Crippen molar-refractivity contribution >= 4 is 99.5 Å². The topological polar surface area (TPSA) is 510 Å². The Hall–Kier alpha value is -8.83. The summed E-state index contributed by atoms with van der Waals surface area (Å²) in [4.78, 5) is 185. The zero-order valence-corrected chi connectivity index (χ0v) is 60.7. The number of thioether (sulfide) groups is 1. The Kier molecular flexibility index (Phi) is 38.5. The minimum atomic E-state index is -1.51. The van der Waals surface area contributed by atoms with Crippen LogP contribution >= 0.6 is 11.8 Å². The van der Waals surface area contributed by atoms with Gasteiger partial charge in [0.25, 0.3) is 0 Å². The van der Waals surface area contributed by atoms with Gasteiger partial charge < -0.3 is 95.9 Å². The number of nitrogens with one attached hydrogen (secondary N) is 14. The first-order chi connectivity index (χ1) is 47.1. The summed E-state index contributed by atoms with van der Waals surface area (Å²) in [7, 11) is 0. The number of rotatable bonds is 47. The molecule has 34 nitrogen and oxygen atoms in total. The third-order valence-electron chi connectivity index (χ3n) is 15.6. The molecule has 0 spiro atoms. The minimum Gasteiger partial charge on any atom is -0.370 e. The molecule has 0 saturated heterocycles. The number of aryl methyl sites for hydroxylation is 2. The third kappa shape index (κ3) is 31.6. The molecule has 1 aromatic carbocycles. The smallest absolute Gasteiger partial charge is 0.243 e. The number of H-pyrrole nitrogens is 2. The number of fused-ring (bicyclic) bond motifs is 1. The number of carbonyl (C=O) groups is 13. The number of hydrogen-bond acceptors (Lipinski definition) is 19. The number of aromatic amines is 2. The Bertz CT molecular complexity index is 3350. The number of hydrogen-bond donors (Lipinski definition) is 17. The minimum absolute atomic E-state index is 0. The van der Waals surface area contributed by atoms with Crippen molar-refractivity contribution in [1.29, 1.82) is 0 Å². The van der Waals surface area contributed by atoms with Crippen LogP contribution in [0.15, 0.2) is 49.1 Å². The molecule has 3 heterocycles.